The molecule has 3 N–H and O–H groups in total. The number of amides is 1. The monoisotopic (exact) mass is 405 g/mol. The molecular weight excluding hydrogens is 381 g/mol. The Kier molecular flexibility index (Phi) is 7.30. The zero-order chi connectivity index (χ0) is 19.8. The molecule has 0 saturated heterocycles. The Bertz CT molecular complexity index is 822. The summed E-state index contributed by atoms with van der Waals surface area (Å²) in [6, 6.07) is 5.67. The van der Waals surface area contributed by atoms with Crippen LogP contribution >= 0.6 is 11.8 Å². The molecule has 1 aromatic carbocycles. The number of nitrogens with one attached hydrogen (secondary N) is 1. The molecule has 7 nitrogen and oxygen atoms in total. The second-order valence-corrected chi connectivity index (χ2v) is 7.45. The highest BCUT2D eigenvalue weighted by atomic mass is 32.2. The van der Waals surface area contributed by atoms with Gasteiger partial charge in [0.25, 0.3) is 0 Å². The topological polar surface area (TPSA) is 95.1 Å². The van der Waals surface area contributed by atoms with Crippen LogP contribution in [0.3, 0.4) is 0 Å². The van der Waals surface area contributed by atoms with Crippen LogP contribution in [-0.2, 0) is 11.4 Å². The second-order valence-electron chi connectivity index (χ2n) is 6.51. The molecule has 9 heteroatoms. The molecule has 0 atom stereocenters. The van der Waals surface area contributed by atoms with E-state index in [9.17, 15) is 9.18 Å². The molecule has 1 heterocycles. The molecule has 0 spiro atoms. The molecule has 150 valence electrons. The second kappa shape index (κ2) is 10.1. The van der Waals surface area contributed by atoms with Crippen molar-refractivity contribution in [2.45, 2.75) is 43.9 Å². The van der Waals surface area contributed by atoms with Crippen molar-refractivity contribution in [2.24, 2.45) is 0 Å². The minimum absolute atomic E-state index is 0.0616. The lowest BCUT2D eigenvalue weighted by Gasteiger charge is -2.12. The molecule has 0 radical (unpaired) electrons. The molecule has 1 aliphatic rings. The molecular formula is C19H24FN5O2S. The van der Waals surface area contributed by atoms with Gasteiger partial charge < -0.3 is 15.9 Å². The van der Waals surface area contributed by atoms with Gasteiger partial charge in [-0.05, 0) is 56.4 Å². The Hall–Kier alpha value is -2.55. The number of rotatable bonds is 9. The maximum atomic E-state index is 12.9. The number of carbonyl (C=O) groups excluding carboxylic acids is 1. The number of allylic oxidation sites excluding steroid dienone is 1. The van der Waals surface area contributed by atoms with Crippen molar-refractivity contribution >= 4 is 17.7 Å². The van der Waals surface area contributed by atoms with Gasteiger partial charge in [-0.15, -0.1) is 10.2 Å². The Morgan fingerprint density at radius 2 is 2.11 bits per heavy atom. The zero-order valence-electron chi connectivity index (χ0n) is 15.6. The van der Waals surface area contributed by atoms with Crippen molar-refractivity contribution in [2.75, 3.05) is 18.1 Å². The van der Waals surface area contributed by atoms with Gasteiger partial charge in [-0.25, -0.2) is 9.07 Å². The summed E-state index contributed by atoms with van der Waals surface area (Å²) in [6.07, 6.45) is 8.01. The molecule has 1 aromatic heterocycles. The first-order chi connectivity index (χ1) is 13.6. The number of ether oxygens (including phenoxy) is 1. The van der Waals surface area contributed by atoms with E-state index in [0.717, 1.165) is 19.3 Å². The normalized spacial score (nSPS) is 13.8. The molecule has 0 bridgehead atoms. The van der Waals surface area contributed by atoms with Crippen LogP contribution in [0.5, 0.6) is 5.75 Å². The van der Waals surface area contributed by atoms with Crippen molar-refractivity contribution in [1.29, 1.82) is 0 Å². The van der Waals surface area contributed by atoms with E-state index in [-0.39, 0.29) is 24.1 Å². The van der Waals surface area contributed by atoms with E-state index in [1.54, 1.807) is 0 Å². The first-order valence-electron chi connectivity index (χ1n) is 9.27. The van der Waals surface area contributed by atoms with Gasteiger partial charge in [0.1, 0.15) is 18.2 Å². The predicted molar refractivity (Wildman–Crippen MR) is 106 cm³/mol. The van der Waals surface area contributed by atoms with Crippen LogP contribution < -0.4 is 15.9 Å². The van der Waals surface area contributed by atoms with Crippen LogP contribution in [0.15, 0.2) is 41.1 Å². The minimum Gasteiger partial charge on any atom is -0.486 e. The van der Waals surface area contributed by atoms with E-state index in [0.29, 0.717) is 23.3 Å². The zero-order valence-corrected chi connectivity index (χ0v) is 16.4. The van der Waals surface area contributed by atoms with Gasteiger partial charge in [0.2, 0.25) is 11.1 Å². The summed E-state index contributed by atoms with van der Waals surface area (Å²) in [4.78, 5) is 12.0. The molecule has 28 heavy (non-hydrogen) atoms. The van der Waals surface area contributed by atoms with Crippen molar-refractivity contribution in [1.82, 2.24) is 20.2 Å². The van der Waals surface area contributed by atoms with Crippen molar-refractivity contribution in [3.8, 4) is 5.75 Å². The number of carbonyl (C=O) groups is 1. The molecule has 0 aliphatic heterocycles. The number of hydrogen-bond donors (Lipinski definition) is 2. The maximum absolute atomic E-state index is 12.9. The molecule has 0 saturated carbocycles. The van der Waals surface area contributed by atoms with Crippen molar-refractivity contribution in [3.63, 3.8) is 0 Å². The summed E-state index contributed by atoms with van der Waals surface area (Å²) < 4.78 is 19.7. The average molecular weight is 405 g/mol. The summed E-state index contributed by atoms with van der Waals surface area (Å²) in [7, 11) is 0. The van der Waals surface area contributed by atoms with Crippen molar-refractivity contribution in [3.05, 3.63) is 47.6 Å². The highest BCUT2D eigenvalue weighted by Gasteiger charge is 2.13. The summed E-state index contributed by atoms with van der Waals surface area (Å²) in [5.74, 6) is 6.71. The van der Waals surface area contributed by atoms with Gasteiger partial charge in [0.15, 0.2) is 5.82 Å². The standard InChI is InChI=1S/C19H24FN5O2S/c20-15-6-8-16(9-7-15)27-12-17-23-24-19(25(17)21)28-13-18(26)22-11-10-14-4-2-1-3-5-14/h4,6-9H,1-3,5,10-13,21H2,(H,22,26). The van der Waals surface area contributed by atoms with E-state index in [4.69, 9.17) is 10.6 Å². The van der Waals surface area contributed by atoms with Gasteiger partial charge in [-0.3, -0.25) is 4.79 Å². The Balaban J connectivity index is 1.40. The van der Waals surface area contributed by atoms with E-state index in [2.05, 4.69) is 21.6 Å². The largest absolute Gasteiger partial charge is 0.486 e. The van der Waals surface area contributed by atoms with Gasteiger partial charge >= 0.3 is 0 Å². The molecule has 3 rings (SSSR count). The fourth-order valence-corrected chi connectivity index (χ4v) is 3.56. The lowest BCUT2D eigenvalue weighted by Crippen LogP contribution is -2.27. The average Bonchev–Trinajstić information content (AvgIpc) is 3.06. The van der Waals surface area contributed by atoms with Gasteiger partial charge in [-0.1, -0.05) is 23.4 Å². The van der Waals surface area contributed by atoms with E-state index in [1.165, 1.54) is 59.1 Å². The number of halogens is 1. The first-order valence-corrected chi connectivity index (χ1v) is 10.3. The molecule has 1 amide bonds. The summed E-state index contributed by atoms with van der Waals surface area (Å²) >= 11 is 1.22. The fourth-order valence-electron chi connectivity index (χ4n) is 2.86. The molecule has 0 unspecified atom stereocenters. The fraction of sp³-hybridized carbons (Fsp3) is 0.421. The number of nitrogens with two attached hydrogens (primary N) is 1. The van der Waals surface area contributed by atoms with E-state index < -0.39 is 0 Å². The van der Waals surface area contributed by atoms with Crippen molar-refractivity contribution < 1.29 is 13.9 Å². The van der Waals surface area contributed by atoms with Gasteiger partial charge in [0, 0.05) is 6.54 Å². The van der Waals surface area contributed by atoms with E-state index >= 15 is 0 Å². The number of thioether (sulfide) groups is 1. The summed E-state index contributed by atoms with van der Waals surface area (Å²) in [5, 5.41) is 11.3. The first kappa shape index (κ1) is 20.2. The van der Waals surface area contributed by atoms with Crippen LogP contribution in [0.25, 0.3) is 0 Å². The Morgan fingerprint density at radius 3 is 2.86 bits per heavy atom. The Labute approximate surface area is 167 Å². The lowest BCUT2D eigenvalue weighted by atomic mass is 9.97. The highest BCUT2D eigenvalue weighted by molar-refractivity contribution is 7.99. The molecule has 0 fully saturated rings. The van der Waals surface area contributed by atoms with Crippen LogP contribution in [0.2, 0.25) is 0 Å². The minimum atomic E-state index is -0.332. The summed E-state index contributed by atoms with van der Waals surface area (Å²) in [5.41, 5.74) is 1.44. The lowest BCUT2D eigenvalue weighted by molar-refractivity contribution is -0.118. The molecule has 1 aliphatic carbocycles. The SMILES string of the molecule is Nn1c(COc2ccc(F)cc2)nnc1SCC(=O)NCCC1=CCCCC1. The highest BCUT2D eigenvalue weighted by Crippen LogP contribution is 2.20. The maximum Gasteiger partial charge on any atom is 0.230 e. The third kappa shape index (κ3) is 5.98. The molecule has 2 aromatic rings. The van der Waals surface area contributed by atoms with Crippen LogP contribution in [0.1, 0.15) is 37.9 Å². The third-order valence-corrected chi connectivity index (χ3v) is 5.35. The van der Waals surface area contributed by atoms with Gasteiger partial charge in [0.05, 0.1) is 5.75 Å². The smallest absolute Gasteiger partial charge is 0.230 e. The number of aromatic nitrogens is 3. The number of nitrogens with zero attached hydrogens (tertiary/aromatic N) is 3. The van der Waals surface area contributed by atoms with E-state index in [1.807, 2.05) is 0 Å². The van der Waals surface area contributed by atoms with Crippen LogP contribution in [0.4, 0.5) is 4.39 Å². The summed E-state index contributed by atoms with van der Waals surface area (Å²) in [6.45, 7) is 0.744. The number of benzene rings is 1. The van der Waals surface area contributed by atoms with Crippen LogP contribution in [0, 0.1) is 5.82 Å². The third-order valence-electron chi connectivity index (χ3n) is 4.40. The quantitative estimate of drug-likeness (QED) is 0.378. The number of nitrogen functional groups attached to an aromatic ring is 1. The van der Waals surface area contributed by atoms with Crippen LogP contribution in [-0.4, -0.2) is 33.1 Å². The number of hydrogen-bond acceptors (Lipinski definition) is 6. The predicted octanol–water partition coefficient (Wildman–Crippen LogP) is 2.81. The van der Waals surface area contributed by atoms with Gasteiger partial charge in [-0.2, -0.15) is 0 Å². The Morgan fingerprint density at radius 1 is 1.29 bits per heavy atom.